The maximum Gasteiger partial charge on any atom is 0.229 e. The van der Waals surface area contributed by atoms with Gasteiger partial charge in [0.1, 0.15) is 5.82 Å². The molecular formula is C20H15ClFN3OS. The molecule has 0 spiro atoms. The standard InChI is InChI=1S/C20H15ClFN3OS/c21-14-3-1-13(2-4-14)17-9-19(26)25-11-24(12-27-20(25)18(17)10-23)16-7-5-15(22)6-8-16/h1-8,17H,9,11-12H2/t17-/m1/s1. The first-order valence-corrected chi connectivity index (χ1v) is 9.76. The Morgan fingerprint density at radius 2 is 1.85 bits per heavy atom. The highest BCUT2D eigenvalue weighted by Gasteiger charge is 2.38. The summed E-state index contributed by atoms with van der Waals surface area (Å²) in [6.07, 6.45) is 0.242. The Morgan fingerprint density at radius 3 is 2.52 bits per heavy atom. The minimum atomic E-state index is -0.296. The molecule has 2 heterocycles. The fourth-order valence-corrected chi connectivity index (χ4v) is 4.65. The van der Waals surface area contributed by atoms with Crippen LogP contribution in [0, 0.1) is 17.1 Å². The minimum absolute atomic E-state index is 0.0248. The van der Waals surface area contributed by atoms with Gasteiger partial charge >= 0.3 is 0 Å². The number of amides is 1. The number of carbonyl (C=O) groups is 1. The van der Waals surface area contributed by atoms with Crippen molar-refractivity contribution >= 4 is 35.0 Å². The Labute approximate surface area is 165 Å². The van der Waals surface area contributed by atoms with E-state index in [0.29, 0.717) is 28.2 Å². The van der Waals surface area contributed by atoms with Crippen LogP contribution in [0.15, 0.2) is 59.1 Å². The number of fused-ring (bicyclic) bond motifs is 1. The second-order valence-corrected chi connectivity index (χ2v) is 7.76. The summed E-state index contributed by atoms with van der Waals surface area (Å²) in [6, 6.07) is 15.8. The van der Waals surface area contributed by atoms with Crippen LogP contribution in [-0.2, 0) is 4.79 Å². The largest absolute Gasteiger partial charge is 0.344 e. The van der Waals surface area contributed by atoms with Gasteiger partial charge < -0.3 is 4.90 Å². The number of benzene rings is 2. The summed E-state index contributed by atoms with van der Waals surface area (Å²) in [5.74, 6) is 0.0123. The molecule has 0 aliphatic carbocycles. The van der Waals surface area contributed by atoms with Gasteiger partial charge in [0.25, 0.3) is 0 Å². The van der Waals surface area contributed by atoms with Crippen molar-refractivity contribution < 1.29 is 9.18 Å². The number of rotatable bonds is 2. The molecular weight excluding hydrogens is 385 g/mol. The molecule has 2 aromatic rings. The van der Waals surface area contributed by atoms with Gasteiger partial charge in [-0.15, -0.1) is 0 Å². The van der Waals surface area contributed by atoms with Crippen molar-refractivity contribution in [3.8, 4) is 6.07 Å². The molecule has 0 radical (unpaired) electrons. The lowest BCUT2D eigenvalue weighted by atomic mass is 9.86. The third kappa shape index (κ3) is 3.41. The van der Waals surface area contributed by atoms with E-state index in [1.54, 1.807) is 29.2 Å². The maximum atomic E-state index is 13.2. The Morgan fingerprint density at radius 1 is 1.15 bits per heavy atom. The first kappa shape index (κ1) is 17.9. The molecule has 1 fully saturated rings. The van der Waals surface area contributed by atoms with E-state index in [2.05, 4.69) is 6.07 Å². The number of carbonyl (C=O) groups excluding carboxylic acids is 1. The van der Waals surface area contributed by atoms with Gasteiger partial charge in [0.15, 0.2) is 0 Å². The van der Waals surface area contributed by atoms with Crippen LogP contribution in [0.2, 0.25) is 5.02 Å². The molecule has 1 atom stereocenters. The highest BCUT2D eigenvalue weighted by atomic mass is 35.5. The van der Waals surface area contributed by atoms with Gasteiger partial charge in [-0.2, -0.15) is 5.26 Å². The monoisotopic (exact) mass is 399 g/mol. The lowest BCUT2D eigenvalue weighted by Gasteiger charge is -2.42. The van der Waals surface area contributed by atoms with E-state index in [1.807, 2.05) is 17.0 Å². The summed E-state index contributed by atoms with van der Waals surface area (Å²) in [7, 11) is 0. The molecule has 2 aromatic carbocycles. The van der Waals surface area contributed by atoms with Crippen LogP contribution < -0.4 is 4.90 Å². The summed E-state index contributed by atoms with van der Waals surface area (Å²) in [5.41, 5.74) is 2.37. The normalized spacial score (nSPS) is 19.7. The number of thioether (sulfide) groups is 1. The smallest absolute Gasteiger partial charge is 0.229 e. The zero-order valence-corrected chi connectivity index (χ0v) is 15.8. The predicted molar refractivity (Wildman–Crippen MR) is 104 cm³/mol. The molecule has 136 valence electrons. The Balaban J connectivity index is 1.65. The van der Waals surface area contributed by atoms with Gasteiger partial charge in [0.05, 0.1) is 29.2 Å². The van der Waals surface area contributed by atoms with Crippen molar-refractivity contribution in [3.05, 3.63) is 75.5 Å². The zero-order chi connectivity index (χ0) is 19.0. The third-order valence-electron chi connectivity index (χ3n) is 4.76. The second-order valence-electron chi connectivity index (χ2n) is 6.39. The molecule has 0 aromatic heterocycles. The Kier molecular flexibility index (Phi) is 4.81. The van der Waals surface area contributed by atoms with Crippen LogP contribution in [0.5, 0.6) is 0 Å². The van der Waals surface area contributed by atoms with Gasteiger partial charge in [-0.3, -0.25) is 9.69 Å². The summed E-state index contributed by atoms with van der Waals surface area (Å²) >= 11 is 7.42. The van der Waals surface area contributed by atoms with Gasteiger partial charge in [-0.25, -0.2) is 4.39 Å². The molecule has 2 aliphatic rings. The summed E-state index contributed by atoms with van der Waals surface area (Å²) in [4.78, 5) is 16.5. The molecule has 0 unspecified atom stereocenters. The van der Waals surface area contributed by atoms with Crippen molar-refractivity contribution in [2.75, 3.05) is 17.4 Å². The fraction of sp³-hybridized carbons (Fsp3) is 0.200. The minimum Gasteiger partial charge on any atom is -0.344 e. The van der Waals surface area contributed by atoms with Gasteiger partial charge in [-0.05, 0) is 42.0 Å². The first-order chi connectivity index (χ1) is 13.1. The van der Waals surface area contributed by atoms with E-state index < -0.39 is 0 Å². The van der Waals surface area contributed by atoms with E-state index in [9.17, 15) is 14.4 Å². The number of allylic oxidation sites excluding steroid dienone is 1. The molecule has 0 saturated carbocycles. The molecule has 2 aliphatic heterocycles. The van der Waals surface area contributed by atoms with Crippen LogP contribution in [0.1, 0.15) is 17.9 Å². The predicted octanol–water partition coefficient (Wildman–Crippen LogP) is 4.70. The highest BCUT2D eigenvalue weighted by molar-refractivity contribution is 8.03. The average molecular weight is 400 g/mol. The van der Waals surface area contributed by atoms with E-state index in [1.165, 1.54) is 23.9 Å². The topological polar surface area (TPSA) is 47.3 Å². The molecule has 0 N–H and O–H groups in total. The number of hydrogen-bond donors (Lipinski definition) is 0. The van der Waals surface area contributed by atoms with Crippen LogP contribution in [0.4, 0.5) is 10.1 Å². The van der Waals surface area contributed by atoms with Crippen molar-refractivity contribution in [1.29, 1.82) is 5.26 Å². The quantitative estimate of drug-likeness (QED) is 0.734. The summed E-state index contributed by atoms with van der Waals surface area (Å²) < 4.78 is 13.2. The van der Waals surface area contributed by atoms with Gasteiger partial charge in [-0.1, -0.05) is 35.5 Å². The van der Waals surface area contributed by atoms with E-state index in [0.717, 1.165) is 11.3 Å². The summed E-state index contributed by atoms with van der Waals surface area (Å²) in [6.45, 7) is 0.352. The van der Waals surface area contributed by atoms with Crippen LogP contribution >= 0.6 is 23.4 Å². The summed E-state index contributed by atoms with van der Waals surface area (Å²) in [5, 5.41) is 11.1. The molecule has 27 heavy (non-hydrogen) atoms. The molecule has 0 bridgehead atoms. The second kappa shape index (κ2) is 7.26. The van der Waals surface area contributed by atoms with Crippen molar-refractivity contribution in [2.45, 2.75) is 12.3 Å². The number of anilines is 1. The molecule has 7 heteroatoms. The Hall–Kier alpha value is -2.49. The van der Waals surface area contributed by atoms with E-state index >= 15 is 0 Å². The van der Waals surface area contributed by atoms with E-state index in [-0.39, 0.29) is 24.1 Å². The van der Waals surface area contributed by atoms with Gasteiger partial charge in [0, 0.05) is 23.0 Å². The number of nitriles is 1. The Bertz CT molecular complexity index is 953. The highest BCUT2D eigenvalue weighted by Crippen LogP contribution is 2.43. The molecule has 4 rings (SSSR count). The fourth-order valence-electron chi connectivity index (χ4n) is 3.36. The van der Waals surface area contributed by atoms with Crippen molar-refractivity contribution in [1.82, 2.24) is 4.90 Å². The number of nitrogens with zero attached hydrogens (tertiary/aromatic N) is 3. The first-order valence-electron chi connectivity index (χ1n) is 8.40. The molecule has 4 nitrogen and oxygen atoms in total. The van der Waals surface area contributed by atoms with Gasteiger partial charge in [0.2, 0.25) is 5.91 Å². The van der Waals surface area contributed by atoms with Crippen LogP contribution in [0.25, 0.3) is 0 Å². The molecule has 1 saturated heterocycles. The lowest BCUT2D eigenvalue weighted by molar-refractivity contribution is -0.129. The van der Waals surface area contributed by atoms with Crippen molar-refractivity contribution in [3.63, 3.8) is 0 Å². The van der Waals surface area contributed by atoms with Crippen LogP contribution in [-0.4, -0.2) is 23.4 Å². The SMILES string of the molecule is N#CC1=C2SCN(c3ccc(F)cc3)CN2C(=O)C[C@@H]1c1ccc(Cl)cc1. The van der Waals surface area contributed by atoms with Crippen LogP contribution in [0.3, 0.4) is 0 Å². The zero-order valence-electron chi connectivity index (χ0n) is 14.2. The molecule has 1 amide bonds. The lowest BCUT2D eigenvalue weighted by Crippen LogP contribution is -2.47. The van der Waals surface area contributed by atoms with Crippen molar-refractivity contribution in [2.24, 2.45) is 0 Å². The average Bonchev–Trinajstić information content (AvgIpc) is 2.69. The van der Waals surface area contributed by atoms with E-state index in [4.69, 9.17) is 11.6 Å². The maximum absolute atomic E-state index is 13.2. The number of halogens is 2. The third-order valence-corrected chi connectivity index (χ3v) is 6.16. The number of hydrogen-bond acceptors (Lipinski definition) is 4.